The van der Waals surface area contributed by atoms with E-state index in [2.05, 4.69) is 14.4 Å². The van der Waals surface area contributed by atoms with Crippen molar-refractivity contribution in [2.24, 2.45) is 10.3 Å². The van der Waals surface area contributed by atoms with Gasteiger partial charge in [0.2, 0.25) is 0 Å². The lowest BCUT2D eigenvalue weighted by Crippen LogP contribution is -2.11. The quantitative estimate of drug-likeness (QED) is 0.699. The highest BCUT2D eigenvalue weighted by molar-refractivity contribution is 7.93. The smallest absolute Gasteiger partial charge is 0.256 e. The largest absolute Gasteiger partial charge is 0.272 e. The maximum absolute atomic E-state index is 13.4. The van der Waals surface area contributed by atoms with Crippen LogP contribution < -0.4 is 0 Å². The van der Waals surface area contributed by atoms with Crippen LogP contribution in [0.4, 0.5) is 4.39 Å². The predicted octanol–water partition coefficient (Wildman–Crippen LogP) is 3.59. The van der Waals surface area contributed by atoms with E-state index in [0.717, 1.165) is 11.6 Å². The van der Waals surface area contributed by atoms with Crippen molar-refractivity contribution in [3.8, 4) is 5.69 Å². The van der Waals surface area contributed by atoms with Crippen molar-refractivity contribution in [2.75, 3.05) is 5.75 Å². The average Bonchev–Trinajstić information content (AvgIpc) is 3.04. The van der Waals surface area contributed by atoms with Crippen LogP contribution in [0.2, 0.25) is 0 Å². The standard InChI is InChI=1S/C18H19FN4O2S/c1-4-26(25,22-18(24)12(2)3)16-5-6-17-13(7-16)11-23(21-17)15-8-14(19)9-20-10-15/h5-12H,4H2,1-3H3. The number of fused-ring (bicyclic) bond motifs is 1. The van der Waals surface area contributed by atoms with Crippen LogP contribution in [-0.4, -0.2) is 30.6 Å². The van der Waals surface area contributed by atoms with Crippen LogP contribution in [-0.2, 0) is 14.5 Å². The van der Waals surface area contributed by atoms with Gasteiger partial charge in [-0.15, -0.1) is 0 Å². The Balaban J connectivity index is 2.09. The van der Waals surface area contributed by atoms with Gasteiger partial charge in [-0.1, -0.05) is 20.8 Å². The zero-order chi connectivity index (χ0) is 18.9. The molecule has 0 fully saturated rings. The molecule has 26 heavy (non-hydrogen) atoms. The number of pyridine rings is 1. The third kappa shape index (κ3) is 3.50. The van der Waals surface area contributed by atoms with Crippen LogP contribution >= 0.6 is 0 Å². The van der Waals surface area contributed by atoms with Crippen molar-refractivity contribution < 1.29 is 13.4 Å². The van der Waals surface area contributed by atoms with E-state index in [9.17, 15) is 13.4 Å². The van der Waals surface area contributed by atoms with Gasteiger partial charge in [-0.05, 0) is 18.2 Å². The summed E-state index contributed by atoms with van der Waals surface area (Å²) in [6.45, 7) is 5.19. The molecule has 3 aromatic rings. The van der Waals surface area contributed by atoms with Crippen molar-refractivity contribution >= 4 is 26.5 Å². The van der Waals surface area contributed by atoms with Gasteiger partial charge in [0.05, 0.1) is 33.3 Å². The molecule has 1 amide bonds. The molecule has 0 aliphatic carbocycles. The number of carbonyl (C=O) groups is 1. The number of hydrogen-bond acceptors (Lipinski definition) is 4. The summed E-state index contributed by atoms with van der Waals surface area (Å²) in [5.74, 6) is -0.908. The van der Waals surface area contributed by atoms with E-state index in [4.69, 9.17) is 0 Å². The van der Waals surface area contributed by atoms with Gasteiger partial charge in [0.15, 0.2) is 0 Å². The van der Waals surface area contributed by atoms with E-state index in [1.807, 2.05) is 0 Å². The van der Waals surface area contributed by atoms with Crippen LogP contribution in [0.25, 0.3) is 16.6 Å². The molecule has 3 rings (SSSR count). The molecule has 6 nitrogen and oxygen atoms in total. The molecule has 8 heteroatoms. The normalized spacial score (nSPS) is 13.7. The molecule has 0 aliphatic heterocycles. The molecule has 0 N–H and O–H groups in total. The van der Waals surface area contributed by atoms with E-state index in [-0.39, 0.29) is 17.6 Å². The number of benzene rings is 1. The second-order valence-corrected chi connectivity index (χ2v) is 8.68. The van der Waals surface area contributed by atoms with Crippen LogP contribution in [0.1, 0.15) is 20.8 Å². The van der Waals surface area contributed by atoms with Gasteiger partial charge in [-0.2, -0.15) is 9.46 Å². The Morgan fingerprint density at radius 2 is 2.08 bits per heavy atom. The van der Waals surface area contributed by atoms with Crippen molar-refractivity contribution in [2.45, 2.75) is 25.7 Å². The minimum absolute atomic E-state index is 0.235. The summed E-state index contributed by atoms with van der Waals surface area (Å²) < 4.78 is 32.0. The molecular formula is C18H19FN4O2S. The first-order valence-electron chi connectivity index (χ1n) is 8.21. The van der Waals surface area contributed by atoms with E-state index in [1.165, 1.54) is 16.9 Å². The van der Waals surface area contributed by atoms with Crippen LogP contribution in [0.15, 0.2) is 52.1 Å². The molecular weight excluding hydrogens is 355 g/mol. The molecule has 0 bridgehead atoms. The Morgan fingerprint density at radius 3 is 2.73 bits per heavy atom. The Labute approximate surface area is 151 Å². The Kier molecular flexibility index (Phi) is 4.86. The zero-order valence-electron chi connectivity index (χ0n) is 14.7. The number of aromatic nitrogens is 3. The SMILES string of the molecule is CCS(=O)(=NC(=O)C(C)C)c1ccc2nn(-c3cncc(F)c3)cc2c1. The van der Waals surface area contributed by atoms with Gasteiger partial charge in [-0.3, -0.25) is 9.78 Å². The molecule has 2 heterocycles. The van der Waals surface area contributed by atoms with Crippen LogP contribution in [0, 0.1) is 11.7 Å². The maximum Gasteiger partial charge on any atom is 0.256 e. The van der Waals surface area contributed by atoms with Crippen molar-refractivity contribution in [1.29, 1.82) is 0 Å². The summed E-state index contributed by atoms with van der Waals surface area (Å²) in [5, 5.41) is 5.10. The molecule has 0 radical (unpaired) electrons. The fourth-order valence-electron chi connectivity index (χ4n) is 2.40. The van der Waals surface area contributed by atoms with E-state index in [1.54, 1.807) is 45.2 Å². The highest BCUT2D eigenvalue weighted by Crippen LogP contribution is 2.22. The van der Waals surface area contributed by atoms with E-state index >= 15 is 0 Å². The molecule has 0 saturated heterocycles. The summed E-state index contributed by atoms with van der Waals surface area (Å²) in [6, 6.07) is 6.44. The lowest BCUT2D eigenvalue weighted by molar-refractivity contribution is -0.120. The summed E-state index contributed by atoms with van der Waals surface area (Å²) in [5.41, 5.74) is 1.14. The molecule has 0 aliphatic rings. The highest BCUT2D eigenvalue weighted by atomic mass is 32.2. The van der Waals surface area contributed by atoms with Gasteiger partial charge in [0, 0.05) is 34.2 Å². The zero-order valence-corrected chi connectivity index (χ0v) is 15.5. The minimum Gasteiger partial charge on any atom is -0.272 e. The monoisotopic (exact) mass is 374 g/mol. The van der Waals surface area contributed by atoms with Gasteiger partial charge in [0.25, 0.3) is 5.91 Å². The van der Waals surface area contributed by atoms with E-state index in [0.29, 0.717) is 16.1 Å². The van der Waals surface area contributed by atoms with Crippen molar-refractivity contribution in [3.05, 3.63) is 48.7 Å². The molecule has 1 aromatic carbocycles. The maximum atomic E-state index is 13.4. The number of amides is 1. The van der Waals surface area contributed by atoms with Gasteiger partial charge < -0.3 is 0 Å². The number of halogens is 1. The lowest BCUT2D eigenvalue weighted by Gasteiger charge is -2.08. The Hall–Kier alpha value is -2.61. The summed E-state index contributed by atoms with van der Waals surface area (Å²) in [6.07, 6.45) is 4.32. The number of nitrogens with zero attached hydrogens (tertiary/aromatic N) is 4. The third-order valence-corrected chi connectivity index (χ3v) is 6.17. The van der Waals surface area contributed by atoms with Gasteiger partial charge >= 0.3 is 0 Å². The summed E-state index contributed by atoms with van der Waals surface area (Å²) in [7, 11) is -2.84. The molecule has 2 aromatic heterocycles. The fourth-order valence-corrected chi connectivity index (χ4v) is 4.06. The number of rotatable bonds is 4. The first kappa shape index (κ1) is 18.2. The summed E-state index contributed by atoms with van der Waals surface area (Å²) in [4.78, 5) is 16.3. The first-order valence-corrected chi connectivity index (χ1v) is 9.90. The number of hydrogen-bond donors (Lipinski definition) is 0. The topological polar surface area (TPSA) is 77.2 Å². The Morgan fingerprint density at radius 1 is 1.31 bits per heavy atom. The molecule has 0 saturated carbocycles. The molecule has 1 atom stereocenters. The number of carbonyl (C=O) groups excluding carboxylic acids is 1. The van der Waals surface area contributed by atoms with Gasteiger partial charge in [-0.25, -0.2) is 13.3 Å². The second-order valence-electron chi connectivity index (χ2n) is 6.17. The Bertz CT molecular complexity index is 1100. The molecule has 136 valence electrons. The first-order chi connectivity index (χ1) is 12.3. The van der Waals surface area contributed by atoms with Gasteiger partial charge in [0.1, 0.15) is 5.82 Å². The lowest BCUT2D eigenvalue weighted by atomic mass is 10.2. The predicted molar refractivity (Wildman–Crippen MR) is 98.0 cm³/mol. The minimum atomic E-state index is -2.84. The van der Waals surface area contributed by atoms with Crippen molar-refractivity contribution in [1.82, 2.24) is 14.8 Å². The van der Waals surface area contributed by atoms with Crippen LogP contribution in [0.3, 0.4) is 0 Å². The summed E-state index contributed by atoms with van der Waals surface area (Å²) >= 11 is 0. The van der Waals surface area contributed by atoms with Crippen molar-refractivity contribution in [3.63, 3.8) is 0 Å². The fraction of sp³-hybridized carbons (Fsp3) is 0.278. The van der Waals surface area contributed by atoms with E-state index < -0.39 is 15.5 Å². The highest BCUT2D eigenvalue weighted by Gasteiger charge is 2.16. The average molecular weight is 374 g/mol. The molecule has 1 unspecified atom stereocenters. The van der Waals surface area contributed by atoms with Crippen LogP contribution in [0.5, 0.6) is 0 Å². The molecule has 0 spiro atoms. The third-order valence-electron chi connectivity index (χ3n) is 3.92. The second kappa shape index (κ2) is 6.95.